The number of nitrogens with one attached hydrogen (secondary N) is 1. The van der Waals surface area contributed by atoms with Crippen molar-refractivity contribution < 1.29 is 22.8 Å². The molecule has 4 radical (unpaired) electrons. The maximum Gasteiger partial charge on any atom is 0.305 e. The highest BCUT2D eigenvalue weighted by Gasteiger charge is 2.30. The van der Waals surface area contributed by atoms with Gasteiger partial charge in [-0.15, -0.1) is 0 Å². The molecule has 0 unspecified atom stereocenters. The summed E-state index contributed by atoms with van der Waals surface area (Å²) < 4.78 is 31.1. The van der Waals surface area contributed by atoms with E-state index >= 15 is 0 Å². The fourth-order valence-corrected chi connectivity index (χ4v) is 5.40. The monoisotopic (exact) mass is 465 g/mol. The zero-order valence-corrected chi connectivity index (χ0v) is 21.4. The highest BCUT2D eigenvalue weighted by atomic mass is 28.2. The van der Waals surface area contributed by atoms with Crippen molar-refractivity contribution in [3.63, 3.8) is 0 Å². The number of hydrogen-bond acceptors (Lipinski definition) is 5. The third-order valence-electron chi connectivity index (χ3n) is 6.17. The average molecular weight is 466 g/mol. The van der Waals surface area contributed by atoms with E-state index in [0.717, 1.165) is 37.7 Å². The Kier molecular flexibility index (Phi) is 10.7. The molecule has 1 N–H and O–H groups in total. The molecule has 0 amide bonds. The van der Waals surface area contributed by atoms with E-state index in [2.05, 4.69) is 19.2 Å². The second kappa shape index (κ2) is 12.7. The minimum Gasteiger partial charge on any atom is -0.469 e. The van der Waals surface area contributed by atoms with Crippen LogP contribution in [0.1, 0.15) is 63.9 Å². The van der Waals surface area contributed by atoms with Crippen molar-refractivity contribution in [1.82, 2.24) is 0 Å². The van der Waals surface area contributed by atoms with Crippen molar-refractivity contribution in [2.75, 3.05) is 19.0 Å². The predicted octanol–water partition coefficient (Wildman–Crippen LogP) is 5.18. The van der Waals surface area contributed by atoms with Gasteiger partial charge in [0.1, 0.15) is 12.1 Å². The highest BCUT2D eigenvalue weighted by molar-refractivity contribution is 6.26. The first kappa shape index (κ1) is 26.0. The van der Waals surface area contributed by atoms with E-state index in [1.165, 1.54) is 7.11 Å². The summed E-state index contributed by atoms with van der Waals surface area (Å²) in [5.74, 6) is 0.399. The number of carbonyl (C=O) groups is 1. The van der Waals surface area contributed by atoms with Gasteiger partial charge in [0.2, 0.25) is 19.5 Å². The molecule has 8 heteroatoms. The van der Waals surface area contributed by atoms with Crippen molar-refractivity contribution in [2.24, 2.45) is 11.3 Å². The van der Waals surface area contributed by atoms with Crippen LogP contribution in [-0.4, -0.2) is 45.4 Å². The van der Waals surface area contributed by atoms with Gasteiger partial charge in [-0.3, -0.25) is 4.79 Å². The van der Waals surface area contributed by atoms with Crippen LogP contribution in [0.4, 0.5) is 10.1 Å². The van der Waals surface area contributed by atoms with Gasteiger partial charge in [0.25, 0.3) is 0 Å². The number of rotatable bonds is 12. The van der Waals surface area contributed by atoms with Crippen LogP contribution in [0.3, 0.4) is 0 Å². The first-order valence-electron chi connectivity index (χ1n) is 11.1. The maximum absolute atomic E-state index is 14.7. The summed E-state index contributed by atoms with van der Waals surface area (Å²) in [5, 5.41) is 3.24. The van der Waals surface area contributed by atoms with Gasteiger partial charge < -0.3 is 18.9 Å². The van der Waals surface area contributed by atoms with Gasteiger partial charge in [0.05, 0.1) is 12.8 Å². The van der Waals surface area contributed by atoms with Crippen molar-refractivity contribution >= 4 is 31.2 Å². The number of carbonyl (C=O) groups excluding carboxylic acids is 1. The minimum absolute atomic E-state index is 0.136. The van der Waals surface area contributed by atoms with Crippen LogP contribution in [0, 0.1) is 17.2 Å². The van der Waals surface area contributed by atoms with Crippen molar-refractivity contribution in [2.45, 2.75) is 77.7 Å². The number of methoxy groups -OCH3 is 1. The summed E-state index contributed by atoms with van der Waals surface area (Å²) in [5.41, 5.74) is 1.42. The quantitative estimate of drug-likeness (QED) is 0.262. The van der Waals surface area contributed by atoms with Gasteiger partial charge in [0.15, 0.2) is 0 Å². The number of benzene rings is 1. The fraction of sp³-hybridized carbons (Fsp3) is 0.696. The SMILES string of the molecule is COC(=O)CC1CCC(c2ccc(NCCC(C)(C)C(O[Si]C)O[Si]C)c(F)c2)CC1. The summed E-state index contributed by atoms with van der Waals surface area (Å²) >= 11 is 0. The number of anilines is 1. The van der Waals surface area contributed by atoms with Gasteiger partial charge in [-0.2, -0.15) is 0 Å². The zero-order chi connectivity index (χ0) is 22.9. The topological polar surface area (TPSA) is 56.8 Å². The summed E-state index contributed by atoms with van der Waals surface area (Å²) in [6, 6.07) is 5.56. The first-order valence-corrected chi connectivity index (χ1v) is 13.9. The molecule has 172 valence electrons. The first-order chi connectivity index (χ1) is 14.8. The number of halogens is 1. The largest absolute Gasteiger partial charge is 0.469 e. The third kappa shape index (κ3) is 8.00. The number of ether oxygens (including phenoxy) is 1. The summed E-state index contributed by atoms with van der Waals surface area (Å²) in [6.45, 7) is 8.87. The molecule has 1 saturated carbocycles. The predicted molar refractivity (Wildman–Crippen MR) is 124 cm³/mol. The van der Waals surface area contributed by atoms with Crippen LogP contribution in [-0.2, 0) is 18.4 Å². The molecule has 0 aliphatic heterocycles. The molecule has 0 saturated heterocycles. The molecule has 1 aromatic rings. The molecule has 0 atom stereocenters. The average Bonchev–Trinajstić information content (AvgIpc) is 2.75. The van der Waals surface area contributed by atoms with E-state index in [1.54, 1.807) is 6.07 Å². The normalized spacial score (nSPS) is 19.5. The lowest BCUT2D eigenvalue weighted by molar-refractivity contribution is -0.142. The molecule has 5 nitrogen and oxygen atoms in total. The fourth-order valence-electron chi connectivity index (χ4n) is 4.14. The standard InChI is InChI=1S/C23H36FNO4Si2/c1-23(2,22(28-30-4)29-31-5)12-13-25-20-11-10-18(15-19(20)24)17-8-6-16(7-9-17)14-21(26)27-3/h10-11,15-17,22,25H,6-9,12-14H2,1-5H3. The molecule has 0 bridgehead atoms. The Labute approximate surface area is 191 Å². The van der Waals surface area contributed by atoms with E-state index < -0.39 is 0 Å². The molecular formula is C23H36FNO4Si2. The molecule has 1 fully saturated rings. The smallest absolute Gasteiger partial charge is 0.305 e. The van der Waals surface area contributed by atoms with Crippen molar-refractivity contribution in [1.29, 1.82) is 0 Å². The number of esters is 1. The van der Waals surface area contributed by atoms with Gasteiger partial charge in [-0.1, -0.05) is 19.9 Å². The highest BCUT2D eigenvalue weighted by Crippen LogP contribution is 2.38. The molecule has 2 rings (SSSR count). The lowest BCUT2D eigenvalue weighted by Gasteiger charge is -2.34. The lowest BCUT2D eigenvalue weighted by atomic mass is 9.77. The minimum atomic E-state index is -0.248. The Balaban J connectivity index is 1.87. The molecule has 0 spiro atoms. The second-order valence-electron chi connectivity index (χ2n) is 8.88. The number of hydrogen-bond donors (Lipinski definition) is 1. The van der Waals surface area contributed by atoms with Crippen LogP contribution in [0.5, 0.6) is 0 Å². The van der Waals surface area contributed by atoms with E-state index in [1.807, 2.05) is 25.2 Å². The Hall–Kier alpha value is -1.23. The summed E-state index contributed by atoms with van der Waals surface area (Å²) in [6.07, 6.45) is 4.99. The van der Waals surface area contributed by atoms with Gasteiger partial charge in [-0.05, 0) is 74.7 Å². The second-order valence-corrected chi connectivity index (χ2v) is 10.2. The van der Waals surface area contributed by atoms with Crippen LogP contribution >= 0.6 is 0 Å². The van der Waals surface area contributed by atoms with Crippen LogP contribution < -0.4 is 5.32 Å². The van der Waals surface area contributed by atoms with Gasteiger partial charge >= 0.3 is 5.97 Å². The Morgan fingerprint density at radius 3 is 2.39 bits per heavy atom. The molecule has 0 heterocycles. The molecule has 31 heavy (non-hydrogen) atoms. The Morgan fingerprint density at radius 2 is 1.84 bits per heavy atom. The van der Waals surface area contributed by atoms with E-state index in [4.69, 9.17) is 13.6 Å². The van der Waals surface area contributed by atoms with Gasteiger partial charge in [0, 0.05) is 18.4 Å². The molecule has 1 aliphatic carbocycles. The third-order valence-corrected chi connectivity index (χ3v) is 7.07. The van der Waals surface area contributed by atoms with Crippen molar-refractivity contribution in [3.05, 3.63) is 29.6 Å². The summed E-state index contributed by atoms with van der Waals surface area (Å²) in [7, 11) is 2.18. The molecule has 1 aliphatic rings. The lowest BCUT2D eigenvalue weighted by Crippen LogP contribution is -2.37. The zero-order valence-electron chi connectivity index (χ0n) is 19.4. The van der Waals surface area contributed by atoms with Crippen molar-refractivity contribution in [3.8, 4) is 0 Å². The van der Waals surface area contributed by atoms with E-state index in [0.29, 0.717) is 50.0 Å². The van der Waals surface area contributed by atoms with E-state index in [-0.39, 0.29) is 23.5 Å². The van der Waals surface area contributed by atoms with E-state index in [9.17, 15) is 9.18 Å². The Morgan fingerprint density at radius 1 is 1.19 bits per heavy atom. The summed E-state index contributed by atoms with van der Waals surface area (Å²) in [4.78, 5) is 11.5. The Bertz CT molecular complexity index is 690. The maximum atomic E-state index is 14.7. The van der Waals surface area contributed by atoms with Gasteiger partial charge in [-0.25, -0.2) is 4.39 Å². The molecule has 1 aromatic carbocycles. The van der Waals surface area contributed by atoms with Crippen LogP contribution in [0.15, 0.2) is 18.2 Å². The van der Waals surface area contributed by atoms with Crippen LogP contribution in [0.2, 0.25) is 13.1 Å². The molecule has 0 aromatic heterocycles. The van der Waals surface area contributed by atoms with Crippen LogP contribution in [0.25, 0.3) is 0 Å². The molecular weight excluding hydrogens is 429 g/mol.